The average Bonchev–Trinajstić information content (AvgIpc) is 2.86. The van der Waals surface area contributed by atoms with E-state index in [1.807, 2.05) is 50.2 Å². The molecule has 0 amide bonds. The molecule has 3 aromatic rings. The van der Waals surface area contributed by atoms with Gasteiger partial charge in [-0.05, 0) is 32.0 Å². The van der Waals surface area contributed by atoms with Crippen LogP contribution in [0.1, 0.15) is 17.1 Å². The zero-order valence-electron chi connectivity index (χ0n) is 12.2. The minimum absolute atomic E-state index is 0.238. The van der Waals surface area contributed by atoms with Crippen molar-refractivity contribution >= 4 is 12.2 Å². The SMILES string of the molecule is Cc1cc(C)nc(N=Cc2nc(-c3ccccc3)oc2O)n1. The van der Waals surface area contributed by atoms with Crippen LogP contribution in [-0.2, 0) is 0 Å². The minimum Gasteiger partial charge on any atom is -0.479 e. The maximum Gasteiger partial charge on any atom is 0.312 e. The van der Waals surface area contributed by atoms with Crippen molar-refractivity contribution in [3.8, 4) is 17.4 Å². The highest BCUT2D eigenvalue weighted by atomic mass is 16.5. The standard InChI is InChI=1S/C16H14N4O2/c1-10-8-11(2)19-16(18-10)17-9-13-15(21)22-14(20-13)12-6-4-3-5-7-12/h3-9,21H,1-2H3. The molecule has 0 saturated carbocycles. The lowest BCUT2D eigenvalue weighted by Crippen LogP contribution is -1.90. The molecule has 0 spiro atoms. The predicted octanol–water partition coefficient (Wildman–Crippen LogP) is 3.20. The molecule has 22 heavy (non-hydrogen) atoms. The highest BCUT2D eigenvalue weighted by Gasteiger charge is 2.12. The molecule has 2 aromatic heterocycles. The average molecular weight is 294 g/mol. The van der Waals surface area contributed by atoms with Gasteiger partial charge in [-0.25, -0.2) is 19.9 Å². The van der Waals surface area contributed by atoms with Gasteiger partial charge in [-0.3, -0.25) is 0 Å². The zero-order valence-corrected chi connectivity index (χ0v) is 12.2. The van der Waals surface area contributed by atoms with Gasteiger partial charge in [0.15, 0.2) is 5.69 Å². The Morgan fingerprint density at radius 3 is 2.41 bits per heavy atom. The van der Waals surface area contributed by atoms with Crippen molar-refractivity contribution in [2.75, 3.05) is 0 Å². The number of hydrogen-bond donors (Lipinski definition) is 1. The first-order chi connectivity index (χ1) is 10.6. The van der Waals surface area contributed by atoms with E-state index in [0.29, 0.717) is 11.8 Å². The van der Waals surface area contributed by atoms with Crippen LogP contribution >= 0.6 is 0 Å². The van der Waals surface area contributed by atoms with Crippen LogP contribution in [0.15, 0.2) is 45.8 Å². The molecule has 3 rings (SSSR count). The summed E-state index contributed by atoms with van der Waals surface area (Å²) in [6.45, 7) is 3.74. The summed E-state index contributed by atoms with van der Waals surface area (Å²) in [6, 6.07) is 11.2. The highest BCUT2D eigenvalue weighted by Crippen LogP contribution is 2.25. The largest absolute Gasteiger partial charge is 0.479 e. The topological polar surface area (TPSA) is 84.4 Å². The number of aromatic hydroxyl groups is 1. The van der Waals surface area contributed by atoms with Gasteiger partial charge in [-0.15, -0.1) is 0 Å². The number of benzene rings is 1. The van der Waals surface area contributed by atoms with Crippen molar-refractivity contribution in [1.82, 2.24) is 15.0 Å². The molecule has 0 radical (unpaired) electrons. The second kappa shape index (κ2) is 5.77. The van der Waals surface area contributed by atoms with Gasteiger partial charge >= 0.3 is 5.95 Å². The summed E-state index contributed by atoms with van der Waals surface area (Å²) in [4.78, 5) is 16.7. The summed E-state index contributed by atoms with van der Waals surface area (Å²) in [5, 5.41) is 9.82. The normalized spacial score (nSPS) is 11.2. The Labute approximate surface area is 127 Å². The number of rotatable bonds is 3. The summed E-state index contributed by atoms with van der Waals surface area (Å²) >= 11 is 0. The van der Waals surface area contributed by atoms with E-state index in [0.717, 1.165) is 17.0 Å². The van der Waals surface area contributed by atoms with E-state index in [1.165, 1.54) is 6.21 Å². The van der Waals surface area contributed by atoms with Gasteiger partial charge in [0.25, 0.3) is 0 Å². The Bertz CT molecular complexity index is 805. The maximum atomic E-state index is 9.82. The van der Waals surface area contributed by atoms with Crippen LogP contribution in [0.25, 0.3) is 11.5 Å². The summed E-state index contributed by atoms with van der Waals surface area (Å²) in [7, 11) is 0. The molecule has 0 aliphatic carbocycles. The van der Waals surface area contributed by atoms with Crippen molar-refractivity contribution < 1.29 is 9.52 Å². The fraction of sp³-hybridized carbons (Fsp3) is 0.125. The highest BCUT2D eigenvalue weighted by molar-refractivity contribution is 5.82. The lowest BCUT2D eigenvalue weighted by atomic mass is 10.2. The van der Waals surface area contributed by atoms with Gasteiger partial charge in [0, 0.05) is 17.0 Å². The number of aryl methyl sites for hydroxylation is 2. The summed E-state index contributed by atoms with van der Waals surface area (Å²) in [6.07, 6.45) is 1.39. The van der Waals surface area contributed by atoms with Crippen LogP contribution in [0.3, 0.4) is 0 Å². The van der Waals surface area contributed by atoms with E-state index in [1.54, 1.807) is 0 Å². The predicted molar refractivity (Wildman–Crippen MR) is 82.4 cm³/mol. The van der Waals surface area contributed by atoms with E-state index >= 15 is 0 Å². The summed E-state index contributed by atoms with van der Waals surface area (Å²) < 4.78 is 5.25. The number of nitrogens with zero attached hydrogens (tertiary/aromatic N) is 4. The Morgan fingerprint density at radius 1 is 1.05 bits per heavy atom. The molecule has 6 nitrogen and oxygen atoms in total. The first-order valence-corrected chi connectivity index (χ1v) is 6.73. The third-order valence-corrected chi connectivity index (χ3v) is 2.93. The molecule has 110 valence electrons. The van der Waals surface area contributed by atoms with Crippen molar-refractivity contribution in [1.29, 1.82) is 0 Å². The van der Waals surface area contributed by atoms with Gasteiger partial charge in [-0.2, -0.15) is 0 Å². The molecule has 0 aliphatic rings. The number of oxazole rings is 1. The summed E-state index contributed by atoms with van der Waals surface area (Å²) in [5.74, 6) is 0.369. The Morgan fingerprint density at radius 2 is 1.73 bits per heavy atom. The van der Waals surface area contributed by atoms with Gasteiger partial charge in [0.05, 0.1) is 6.21 Å². The fourth-order valence-electron chi connectivity index (χ4n) is 2.00. The zero-order chi connectivity index (χ0) is 15.5. The third kappa shape index (κ3) is 3.01. The first-order valence-electron chi connectivity index (χ1n) is 6.73. The lowest BCUT2D eigenvalue weighted by Gasteiger charge is -1.96. The molecule has 0 aliphatic heterocycles. The Kier molecular flexibility index (Phi) is 3.65. The van der Waals surface area contributed by atoms with Crippen LogP contribution in [0.2, 0.25) is 0 Å². The Hall–Kier alpha value is -3.02. The Balaban J connectivity index is 1.90. The molecule has 6 heteroatoms. The maximum absolute atomic E-state index is 9.82. The molecule has 1 aromatic carbocycles. The number of hydrogen-bond acceptors (Lipinski definition) is 6. The van der Waals surface area contributed by atoms with Crippen molar-refractivity contribution in [3.05, 3.63) is 53.5 Å². The molecule has 1 N–H and O–H groups in total. The van der Waals surface area contributed by atoms with Gasteiger partial charge in [0.1, 0.15) is 0 Å². The molecular weight excluding hydrogens is 280 g/mol. The monoisotopic (exact) mass is 294 g/mol. The minimum atomic E-state index is -0.285. The van der Waals surface area contributed by atoms with E-state index < -0.39 is 0 Å². The quantitative estimate of drug-likeness (QED) is 0.750. The van der Waals surface area contributed by atoms with Crippen molar-refractivity contribution in [2.24, 2.45) is 4.99 Å². The molecule has 0 bridgehead atoms. The van der Waals surface area contributed by atoms with Crippen LogP contribution < -0.4 is 0 Å². The van der Waals surface area contributed by atoms with E-state index in [4.69, 9.17) is 4.42 Å². The van der Waals surface area contributed by atoms with Crippen LogP contribution in [0, 0.1) is 13.8 Å². The smallest absolute Gasteiger partial charge is 0.312 e. The van der Waals surface area contributed by atoms with Crippen LogP contribution in [0.4, 0.5) is 5.95 Å². The summed E-state index contributed by atoms with van der Waals surface area (Å²) in [5.41, 5.74) is 2.67. The second-order valence-corrected chi connectivity index (χ2v) is 4.78. The first kappa shape index (κ1) is 13.9. The van der Waals surface area contributed by atoms with Gasteiger partial charge in [-0.1, -0.05) is 18.2 Å². The van der Waals surface area contributed by atoms with E-state index in [-0.39, 0.29) is 11.6 Å². The number of aromatic nitrogens is 3. The number of aliphatic imine (C=N–C) groups is 1. The third-order valence-electron chi connectivity index (χ3n) is 2.93. The fourth-order valence-corrected chi connectivity index (χ4v) is 2.00. The van der Waals surface area contributed by atoms with Crippen molar-refractivity contribution in [2.45, 2.75) is 13.8 Å². The molecule has 0 atom stereocenters. The van der Waals surface area contributed by atoms with Crippen LogP contribution in [0.5, 0.6) is 5.95 Å². The van der Waals surface area contributed by atoms with Crippen molar-refractivity contribution in [3.63, 3.8) is 0 Å². The lowest BCUT2D eigenvalue weighted by molar-refractivity contribution is 0.337. The van der Waals surface area contributed by atoms with E-state index in [9.17, 15) is 5.11 Å². The molecular formula is C16H14N4O2. The van der Waals surface area contributed by atoms with Crippen LogP contribution in [-0.4, -0.2) is 26.3 Å². The molecule has 0 saturated heterocycles. The van der Waals surface area contributed by atoms with Gasteiger partial charge < -0.3 is 9.52 Å². The molecule has 0 unspecified atom stereocenters. The van der Waals surface area contributed by atoms with Gasteiger partial charge in [0.2, 0.25) is 11.8 Å². The van der Waals surface area contributed by atoms with E-state index in [2.05, 4.69) is 19.9 Å². The molecule has 2 heterocycles. The second-order valence-electron chi connectivity index (χ2n) is 4.78. The molecule has 0 fully saturated rings.